The second-order valence-corrected chi connectivity index (χ2v) is 32.2. The van der Waals surface area contributed by atoms with Crippen molar-refractivity contribution in [3.63, 3.8) is 0 Å². The van der Waals surface area contributed by atoms with Gasteiger partial charge in [0.05, 0.1) is 8.07 Å². The van der Waals surface area contributed by atoms with Crippen LogP contribution in [0.3, 0.4) is 0 Å². The molecule has 25 heavy (non-hydrogen) atoms. The van der Waals surface area contributed by atoms with Crippen LogP contribution < -0.4 is 0 Å². The lowest BCUT2D eigenvalue weighted by Gasteiger charge is -2.37. The Morgan fingerprint density at radius 3 is 0.640 bits per heavy atom. The van der Waals surface area contributed by atoms with E-state index in [1.54, 1.807) is 0 Å². The van der Waals surface area contributed by atoms with Crippen LogP contribution >= 0.6 is 0 Å². The zero-order chi connectivity index (χ0) is 20.2. The van der Waals surface area contributed by atoms with E-state index in [-0.39, 0.29) is 0 Å². The Bertz CT molecular complexity index is 314. The Balaban J connectivity index is 5.41. The molecule has 152 valence electrons. The molecule has 0 aliphatic heterocycles. The SMILES string of the molecule is C[Si](C)(O)CC[Si](CC[Si](C)(C)O)(CC[Si](C)(C)O)CC[Si](C)(C)O. The standard InChI is InChI=1S/C16H44O4Si5/c1-21(2,17)9-13-25(14-10-22(3,4)18,15-11-23(5,6)19)16-12-24(7,8)20/h17-20H,9-16H2,1-8H3. The fourth-order valence-electron chi connectivity index (χ4n) is 3.03. The Labute approximate surface area is 161 Å². The molecule has 0 amide bonds. The van der Waals surface area contributed by atoms with Crippen LogP contribution in [0, 0.1) is 0 Å². The van der Waals surface area contributed by atoms with Gasteiger partial charge in [0, 0.05) is 0 Å². The van der Waals surface area contributed by atoms with E-state index in [9.17, 15) is 19.2 Å². The zero-order valence-electron chi connectivity index (χ0n) is 17.9. The third kappa shape index (κ3) is 15.7. The quantitative estimate of drug-likeness (QED) is 0.342. The predicted octanol–water partition coefficient (Wildman–Crippen LogP) is 4.22. The van der Waals surface area contributed by atoms with Crippen molar-refractivity contribution >= 4 is 41.3 Å². The van der Waals surface area contributed by atoms with Gasteiger partial charge in [-0.15, -0.1) is 0 Å². The molecule has 0 aromatic rings. The van der Waals surface area contributed by atoms with Crippen LogP contribution in [0.1, 0.15) is 0 Å². The lowest BCUT2D eigenvalue weighted by atomic mass is 10.9. The highest BCUT2D eigenvalue weighted by Gasteiger charge is 2.39. The molecule has 0 unspecified atom stereocenters. The molecular weight excluding hydrogens is 397 g/mol. The molecule has 0 aliphatic rings. The first-order valence-electron chi connectivity index (χ1n) is 9.72. The Hall–Kier alpha value is 0.924. The maximum absolute atomic E-state index is 10.4. The second kappa shape index (κ2) is 9.42. The minimum atomic E-state index is -2.11. The highest BCUT2D eigenvalue weighted by molar-refractivity contribution is 6.86. The van der Waals surface area contributed by atoms with Crippen LogP contribution in [0.25, 0.3) is 0 Å². The molecule has 4 N–H and O–H groups in total. The van der Waals surface area contributed by atoms with E-state index in [2.05, 4.69) is 0 Å². The second-order valence-electron chi connectivity index (χ2n) is 10.7. The first-order valence-corrected chi connectivity index (χ1v) is 25.2. The average Bonchev–Trinajstić information content (AvgIpc) is 2.33. The van der Waals surface area contributed by atoms with Crippen LogP contribution in [0.4, 0.5) is 0 Å². The minimum absolute atomic E-state index is 0.910. The molecule has 0 saturated carbocycles. The van der Waals surface area contributed by atoms with E-state index in [4.69, 9.17) is 0 Å². The summed E-state index contributed by atoms with van der Waals surface area (Å²) in [6, 6.07) is 7.98. The van der Waals surface area contributed by atoms with Crippen molar-refractivity contribution in [3.05, 3.63) is 0 Å². The maximum Gasteiger partial charge on any atom is 0.182 e. The summed E-state index contributed by atoms with van der Waals surface area (Å²) in [6.07, 6.45) is 0. The summed E-state index contributed by atoms with van der Waals surface area (Å²) in [7, 11) is -10.2. The molecule has 0 heterocycles. The maximum atomic E-state index is 10.4. The highest BCUT2D eigenvalue weighted by atomic mass is 28.4. The molecule has 4 nitrogen and oxygen atoms in total. The summed E-state index contributed by atoms with van der Waals surface area (Å²) in [6.45, 7) is 16.1. The molecule has 0 bridgehead atoms. The van der Waals surface area contributed by atoms with Crippen LogP contribution in [0.5, 0.6) is 0 Å². The molecule has 0 aromatic carbocycles. The van der Waals surface area contributed by atoms with E-state index in [1.165, 1.54) is 0 Å². The molecule has 0 aliphatic carbocycles. The third-order valence-electron chi connectivity index (χ3n) is 5.07. The molecule has 0 atom stereocenters. The van der Waals surface area contributed by atoms with Crippen LogP contribution in [-0.4, -0.2) is 60.5 Å². The van der Waals surface area contributed by atoms with Crippen molar-refractivity contribution in [2.75, 3.05) is 0 Å². The van der Waals surface area contributed by atoms with Gasteiger partial charge in [0.2, 0.25) is 0 Å². The normalized spacial score (nSPS) is 14.9. The van der Waals surface area contributed by atoms with Gasteiger partial charge >= 0.3 is 0 Å². The third-order valence-corrected chi connectivity index (χ3v) is 18.2. The van der Waals surface area contributed by atoms with E-state index < -0.39 is 41.3 Å². The molecule has 0 rings (SSSR count). The van der Waals surface area contributed by atoms with Gasteiger partial charge in [-0.25, -0.2) is 0 Å². The van der Waals surface area contributed by atoms with Crippen molar-refractivity contribution < 1.29 is 19.2 Å². The first-order chi connectivity index (χ1) is 10.8. The molecule has 0 spiro atoms. The van der Waals surface area contributed by atoms with E-state index >= 15 is 0 Å². The monoisotopic (exact) mass is 440 g/mol. The van der Waals surface area contributed by atoms with Gasteiger partial charge in [-0.2, -0.15) is 0 Å². The molecule has 0 saturated heterocycles. The fourth-order valence-corrected chi connectivity index (χ4v) is 22.8. The van der Waals surface area contributed by atoms with Gasteiger partial charge in [-0.3, -0.25) is 0 Å². The lowest BCUT2D eigenvalue weighted by Crippen LogP contribution is -2.43. The predicted molar refractivity (Wildman–Crippen MR) is 123 cm³/mol. The molecular formula is C16H44O4Si5. The van der Waals surface area contributed by atoms with Crippen molar-refractivity contribution in [2.45, 2.75) is 101 Å². The van der Waals surface area contributed by atoms with Gasteiger partial charge in [0.15, 0.2) is 33.3 Å². The summed E-state index contributed by atoms with van der Waals surface area (Å²) < 4.78 is 0. The molecule has 0 fully saturated rings. The highest BCUT2D eigenvalue weighted by Crippen LogP contribution is 2.38. The van der Waals surface area contributed by atoms with E-state index in [0.717, 1.165) is 48.4 Å². The van der Waals surface area contributed by atoms with Gasteiger partial charge < -0.3 is 19.2 Å². The number of hydrogen-bond donors (Lipinski definition) is 4. The van der Waals surface area contributed by atoms with E-state index in [1.807, 2.05) is 52.4 Å². The van der Waals surface area contributed by atoms with Gasteiger partial charge in [0.25, 0.3) is 0 Å². The molecule has 0 aromatic heterocycles. The molecule has 0 radical (unpaired) electrons. The summed E-state index contributed by atoms with van der Waals surface area (Å²) in [5, 5.41) is 0. The van der Waals surface area contributed by atoms with E-state index in [0.29, 0.717) is 0 Å². The Morgan fingerprint density at radius 1 is 0.360 bits per heavy atom. The van der Waals surface area contributed by atoms with Crippen molar-refractivity contribution in [2.24, 2.45) is 0 Å². The smallest absolute Gasteiger partial charge is 0.182 e. The first kappa shape index (κ1) is 25.9. The average molecular weight is 441 g/mol. The summed E-state index contributed by atoms with van der Waals surface area (Å²) >= 11 is 0. The van der Waals surface area contributed by atoms with Gasteiger partial charge in [0.1, 0.15) is 0 Å². The topological polar surface area (TPSA) is 80.9 Å². The van der Waals surface area contributed by atoms with Crippen molar-refractivity contribution in [3.8, 4) is 0 Å². The summed E-state index contributed by atoms with van der Waals surface area (Å²) in [5.74, 6) is 0. The van der Waals surface area contributed by atoms with Crippen LogP contribution in [-0.2, 0) is 0 Å². The zero-order valence-corrected chi connectivity index (χ0v) is 22.9. The summed E-state index contributed by atoms with van der Waals surface area (Å²) in [4.78, 5) is 41.6. The summed E-state index contributed by atoms with van der Waals surface area (Å²) in [5.41, 5.74) is 0. The number of hydrogen-bond acceptors (Lipinski definition) is 4. The van der Waals surface area contributed by atoms with Crippen molar-refractivity contribution in [1.82, 2.24) is 0 Å². The number of rotatable bonds is 12. The van der Waals surface area contributed by atoms with Gasteiger partial charge in [-0.05, 0) is 76.6 Å². The lowest BCUT2D eigenvalue weighted by molar-refractivity contribution is 0.548. The van der Waals surface area contributed by atoms with Crippen molar-refractivity contribution in [1.29, 1.82) is 0 Å². The molecule has 9 heteroatoms. The fraction of sp³-hybridized carbons (Fsp3) is 1.00. The Kier molecular flexibility index (Phi) is 9.76. The van der Waals surface area contributed by atoms with Crippen LogP contribution in [0.2, 0.25) is 101 Å². The minimum Gasteiger partial charge on any atom is -0.432 e. The van der Waals surface area contributed by atoms with Crippen LogP contribution in [0.15, 0.2) is 0 Å². The van der Waals surface area contributed by atoms with Gasteiger partial charge in [-0.1, -0.05) is 24.2 Å². The Morgan fingerprint density at radius 2 is 0.520 bits per heavy atom. The largest absolute Gasteiger partial charge is 0.432 e.